The normalized spacial score (nSPS) is 23.9. The second kappa shape index (κ2) is 7.41. The minimum atomic E-state index is -0.702. The highest BCUT2D eigenvalue weighted by Gasteiger charge is 2.34. The Bertz CT molecular complexity index is 506. The van der Waals surface area contributed by atoms with Crippen molar-refractivity contribution >= 4 is 5.91 Å². The summed E-state index contributed by atoms with van der Waals surface area (Å²) in [5.41, 5.74) is 0.396. The molecule has 23 heavy (non-hydrogen) atoms. The predicted molar refractivity (Wildman–Crippen MR) is 86.9 cm³/mol. The van der Waals surface area contributed by atoms with Gasteiger partial charge in [-0.05, 0) is 49.8 Å². The van der Waals surface area contributed by atoms with Crippen LogP contribution in [0, 0.1) is 0 Å². The molecule has 2 saturated heterocycles. The minimum Gasteiger partial charge on any atom is -0.389 e. The van der Waals surface area contributed by atoms with Gasteiger partial charge >= 0.3 is 0 Å². The van der Waals surface area contributed by atoms with Crippen LogP contribution in [-0.4, -0.2) is 52.3 Å². The number of rotatable bonds is 5. The van der Waals surface area contributed by atoms with Gasteiger partial charge in [-0.25, -0.2) is 0 Å². The number of hydrogen-bond acceptors (Lipinski definition) is 4. The smallest absolute Gasteiger partial charge is 0.222 e. The number of nitrogens with zero attached hydrogens (tertiary/aromatic N) is 2. The van der Waals surface area contributed by atoms with Crippen LogP contribution in [0.1, 0.15) is 44.1 Å². The van der Waals surface area contributed by atoms with Crippen LogP contribution >= 0.6 is 0 Å². The molecular weight excluding hydrogens is 292 g/mol. The third-order valence-corrected chi connectivity index (χ3v) is 5.03. The van der Waals surface area contributed by atoms with Crippen LogP contribution in [0.15, 0.2) is 24.5 Å². The Morgan fingerprint density at radius 2 is 2.09 bits per heavy atom. The van der Waals surface area contributed by atoms with Gasteiger partial charge in [0.05, 0.1) is 11.7 Å². The van der Waals surface area contributed by atoms with Crippen molar-refractivity contribution in [2.45, 2.75) is 56.7 Å². The number of amides is 1. The molecule has 1 aromatic heterocycles. The van der Waals surface area contributed by atoms with Crippen LogP contribution < -0.4 is 0 Å². The molecule has 0 radical (unpaired) electrons. The molecule has 2 aliphatic rings. The zero-order valence-corrected chi connectivity index (χ0v) is 13.6. The summed E-state index contributed by atoms with van der Waals surface area (Å²) in [5, 5.41) is 10.7. The second-order valence-corrected chi connectivity index (χ2v) is 6.81. The first-order valence-corrected chi connectivity index (χ1v) is 8.65. The Labute approximate surface area is 137 Å². The predicted octanol–water partition coefficient (Wildman–Crippen LogP) is 1.94. The van der Waals surface area contributed by atoms with Gasteiger partial charge in [0.25, 0.3) is 0 Å². The largest absolute Gasteiger partial charge is 0.389 e. The number of carbonyl (C=O) groups is 1. The summed E-state index contributed by atoms with van der Waals surface area (Å²) in [6, 6.07) is 3.88. The fourth-order valence-corrected chi connectivity index (χ4v) is 3.54. The molecule has 2 fully saturated rings. The van der Waals surface area contributed by atoms with E-state index in [1.807, 2.05) is 17.0 Å². The maximum Gasteiger partial charge on any atom is 0.222 e. The quantitative estimate of drug-likeness (QED) is 0.901. The van der Waals surface area contributed by atoms with Crippen molar-refractivity contribution in [2.75, 3.05) is 19.7 Å². The molecule has 126 valence electrons. The van der Waals surface area contributed by atoms with Gasteiger partial charge in [-0.15, -0.1) is 0 Å². The summed E-state index contributed by atoms with van der Waals surface area (Å²) in [6.07, 6.45) is 9.28. The number of aromatic nitrogens is 1. The van der Waals surface area contributed by atoms with Crippen molar-refractivity contribution in [3.8, 4) is 0 Å². The lowest BCUT2D eigenvalue weighted by atomic mass is 9.85. The van der Waals surface area contributed by atoms with Gasteiger partial charge in [-0.3, -0.25) is 9.78 Å². The zero-order valence-electron chi connectivity index (χ0n) is 13.6. The third kappa shape index (κ3) is 4.52. The molecule has 0 bridgehead atoms. The van der Waals surface area contributed by atoms with Gasteiger partial charge in [-0.1, -0.05) is 0 Å². The van der Waals surface area contributed by atoms with E-state index in [9.17, 15) is 9.90 Å². The first-order chi connectivity index (χ1) is 11.1. The number of pyridine rings is 1. The summed E-state index contributed by atoms with van der Waals surface area (Å²) < 4.78 is 5.57. The monoisotopic (exact) mass is 318 g/mol. The van der Waals surface area contributed by atoms with Crippen molar-refractivity contribution in [1.82, 2.24) is 9.88 Å². The van der Waals surface area contributed by atoms with Crippen LogP contribution in [0.3, 0.4) is 0 Å². The Balaban J connectivity index is 1.44. The standard InChI is InChI=1S/C18H26N2O3/c21-17(4-3-16-2-1-13-23-16)20-11-7-18(22,8-12-20)14-15-5-9-19-10-6-15/h5-6,9-10,16,22H,1-4,7-8,11-14H2. The van der Waals surface area contributed by atoms with Gasteiger partial charge in [0.1, 0.15) is 0 Å². The highest BCUT2D eigenvalue weighted by molar-refractivity contribution is 5.76. The van der Waals surface area contributed by atoms with Gasteiger partial charge in [-0.2, -0.15) is 0 Å². The highest BCUT2D eigenvalue weighted by Crippen LogP contribution is 2.27. The second-order valence-electron chi connectivity index (χ2n) is 6.81. The molecule has 0 saturated carbocycles. The number of likely N-dealkylation sites (tertiary alicyclic amines) is 1. The summed E-state index contributed by atoms with van der Waals surface area (Å²) in [6.45, 7) is 2.13. The van der Waals surface area contributed by atoms with Gasteiger partial charge in [0.2, 0.25) is 5.91 Å². The Morgan fingerprint density at radius 1 is 1.35 bits per heavy atom. The van der Waals surface area contributed by atoms with E-state index in [-0.39, 0.29) is 12.0 Å². The van der Waals surface area contributed by atoms with Crippen molar-refractivity contribution in [1.29, 1.82) is 0 Å². The van der Waals surface area contributed by atoms with Crippen molar-refractivity contribution in [3.05, 3.63) is 30.1 Å². The van der Waals surface area contributed by atoms with Crippen molar-refractivity contribution in [3.63, 3.8) is 0 Å². The first-order valence-electron chi connectivity index (χ1n) is 8.65. The average Bonchev–Trinajstić information content (AvgIpc) is 3.07. The topological polar surface area (TPSA) is 62.7 Å². The van der Waals surface area contributed by atoms with Crippen LogP contribution in [0.4, 0.5) is 0 Å². The van der Waals surface area contributed by atoms with E-state index < -0.39 is 5.60 Å². The van der Waals surface area contributed by atoms with Crippen LogP contribution in [-0.2, 0) is 16.0 Å². The van der Waals surface area contributed by atoms with E-state index in [2.05, 4.69) is 4.98 Å². The van der Waals surface area contributed by atoms with E-state index in [1.165, 1.54) is 0 Å². The molecule has 0 aromatic carbocycles. The molecule has 5 heteroatoms. The van der Waals surface area contributed by atoms with E-state index in [0.29, 0.717) is 38.8 Å². The Kier molecular flexibility index (Phi) is 5.28. The fourth-order valence-electron chi connectivity index (χ4n) is 3.54. The number of piperidine rings is 1. The molecule has 3 heterocycles. The van der Waals surface area contributed by atoms with Crippen LogP contribution in [0.25, 0.3) is 0 Å². The fraction of sp³-hybridized carbons (Fsp3) is 0.667. The third-order valence-electron chi connectivity index (χ3n) is 5.03. The molecule has 1 N–H and O–H groups in total. The molecule has 3 rings (SSSR count). The Hall–Kier alpha value is -1.46. The molecule has 2 aliphatic heterocycles. The molecule has 1 aromatic rings. The molecule has 1 unspecified atom stereocenters. The minimum absolute atomic E-state index is 0.200. The molecular formula is C18H26N2O3. The number of carbonyl (C=O) groups excluding carboxylic acids is 1. The van der Waals surface area contributed by atoms with E-state index >= 15 is 0 Å². The molecule has 0 spiro atoms. The lowest BCUT2D eigenvalue weighted by Crippen LogP contribution is -2.47. The molecule has 5 nitrogen and oxygen atoms in total. The molecule has 0 aliphatic carbocycles. The van der Waals surface area contributed by atoms with E-state index in [1.54, 1.807) is 12.4 Å². The first kappa shape index (κ1) is 16.4. The maximum atomic E-state index is 12.3. The van der Waals surface area contributed by atoms with Crippen molar-refractivity contribution < 1.29 is 14.6 Å². The summed E-state index contributed by atoms with van der Waals surface area (Å²) >= 11 is 0. The summed E-state index contributed by atoms with van der Waals surface area (Å²) in [4.78, 5) is 18.2. The lowest BCUT2D eigenvalue weighted by Gasteiger charge is -2.38. The van der Waals surface area contributed by atoms with E-state index in [4.69, 9.17) is 4.74 Å². The highest BCUT2D eigenvalue weighted by atomic mass is 16.5. The average molecular weight is 318 g/mol. The number of hydrogen-bond donors (Lipinski definition) is 1. The lowest BCUT2D eigenvalue weighted by molar-refractivity contribution is -0.136. The molecule has 1 atom stereocenters. The number of aliphatic hydroxyl groups is 1. The number of ether oxygens (including phenoxy) is 1. The summed E-state index contributed by atoms with van der Waals surface area (Å²) in [5.74, 6) is 0.200. The molecule has 1 amide bonds. The van der Waals surface area contributed by atoms with Crippen molar-refractivity contribution in [2.24, 2.45) is 0 Å². The van der Waals surface area contributed by atoms with Gasteiger partial charge in [0, 0.05) is 44.9 Å². The maximum absolute atomic E-state index is 12.3. The van der Waals surface area contributed by atoms with Crippen LogP contribution in [0.5, 0.6) is 0 Å². The Morgan fingerprint density at radius 3 is 2.74 bits per heavy atom. The summed E-state index contributed by atoms with van der Waals surface area (Å²) in [7, 11) is 0. The van der Waals surface area contributed by atoms with E-state index in [0.717, 1.165) is 31.4 Å². The van der Waals surface area contributed by atoms with Crippen LogP contribution in [0.2, 0.25) is 0 Å². The SMILES string of the molecule is O=C(CCC1CCCO1)N1CCC(O)(Cc2ccncc2)CC1. The zero-order chi connectivity index (χ0) is 16.1. The van der Waals surface area contributed by atoms with Gasteiger partial charge < -0.3 is 14.7 Å². The van der Waals surface area contributed by atoms with Gasteiger partial charge in [0.15, 0.2) is 0 Å².